The molecular formula is C17H22N4O3. The van der Waals surface area contributed by atoms with Gasteiger partial charge in [0.15, 0.2) is 5.82 Å². The number of likely N-dealkylation sites (tertiary alicyclic amines) is 1. The molecule has 7 heteroatoms. The fourth-order valence-electron chi connectivity index (χ4n) is 3.22. The van der Waals surface area contributed by atoms with Crippen molar-refractivity contribution in [3.05, 3.63) is 52.2 Å². The minimum Gasteiger partial charge on any atom is -0.375 e. The molecule has 128 valence electrons. The van der Waals surface area contributed by atoms with Crippen LogP contribution in [0.3, 0.4) is 0 Å². The number of hydrogen-bond acceptors (Lipinski definition) is 4. The van der Waals surface area contributed by atoms with Crippen LogP contribution in [0.25, 0.3) is 0 Å². The molecule has 7 nitrogen and oxygen atoms in total. The molecule has 1 fully saturated rings. The zero-order valence-electron chi connectivity index (χ0n) is 14.0. The maximum atomic E-state index is 12.5. The van der Waals surface area contributed by atoms with Crippen LogP contribution in [-0.2, 0) is 23.1 Å². The number of aromatic nitrogens is 3. The molecule has 2 aromatic rings. The van der Waals surface area contributed by atoms with Gasteiger partial charge in [0.2, 0.25) is 5.91 Å². The van der Waals surface area contributed by atoms with Crippen LogP contribution >= 0.6 is 0 Å². The van der Waals surface area contributed by atoms with E-state index in [2.05, 4.69) is 5.10 Å². The van der Waals surface area contributed by atoms with Gasteiger partial charge < -0.3 is 9.64 Å². The molecule has 1 aromatic heterocycles. The van der Waals surface area contributed by atoms with Crippen molar-refractivity contribution in [3.63, 3.8) is 0 Å². The maximum Gasteiger partial charge on any atom is 0.346 e. The molecular weight excluding hydrogens is 308 g/mol. The highest BCUT2D eigenvalue weighted by molar-refractivity contribution is 5.78. The van der Waals surface area contributed by atoms with E-state index in [4.69, 9.17) is 4.74 Å². The van der Waals surface area contributed by atoms with Crippen molar-refractivity contribution in [2.75, 3.05) is 20.3 Å². The number of methoxy groups -OCH3 is 1. The Hall–Kier alpha value is -2.41. The average molecular weight is 330 g/mol. The summed E-state index contributed by atoms with van der Waals surface area (Å²) >= 11 is 0. The molecule has 2 heterocycles. The van der Waals surface area contributed by atoms with Gasteiger partial charge in [0.05, 0.1) is 12.6 Å². The van der Waals surface area contributed by atoms with Gasteiger partial charge in [0.1, 0.15) is 6.61 Å². The summed E-state index contributed by atoms with van der Waals surface area (Å²) in [4.78, 5) is 26.5. The van der Waals surface area contributed by atoms with Crippen molar-refractivity contribution in [1.29, 1.82) is 0 Å². The third-order valence-electron chi connectivity index (χ3n) is 4.36. The molecule has 24 heavy (non-hydrogen) atoms. The van der Waals surface area contributed by atoms with E-state index in [1.807, 2.05) is 30.3 Å². The Morgan fingerprint density at radius 2 is 2.08 bits per heavy atom. The summed E-state index contributed by atoms with van der Waals surface area (Å²) in [5.74, 6) is 0.581. The molecule has 1 aromatic carbocycles. The van der Waals surface area contributed by atoms with Gasteiger partial charge in [-0.15, -0.1) is 0 Å². The van der Waals surface area contributed by atoms with Gasteiger partial charge in [-0.1, -0.05) is 30.3 Å². The smallest absolute Gasteiger partial charge is 0.346 e. The van der Waals surface area contributed by atoms with Crippen molar-refractivity contribution in [1.82, 2.24) is 19.2 Å². The van der Waals surface area contributed by atoms with Gasteiger partial charge in [-0.2, -0.15) is 5.10 Å². The lowest BCUT2D eigenvalue weighted by Gasteiger charge is -2.24. The summed E-state index contributed by atoms with van der Waals surface area (Å²) in [6.07, 6.45) is 1.71. The highest BCUT2D eigenvalue weighted by Crippen LogP contribution is 2.30. The summed E-state index contributed by atoms with van der Waals surface area (Å²) in [5, 5.41) is 4.41. The van der Waals surface area contributed by atoms with Crippen molar-refractivity contribution in [2.24, 2.45) is 7.05 Å². The minimum absolute atomic E-state index is 0.0479. The van der Waals surface area contributed by atoms with Gasteiger partial charge in [-0.05, 0) is 18.4 Å². The predicted octanol–water partition coefficient (Wildman–Crippen LogP) is 0.940. The maximum absolute atomic E-state index is 12.5. The largest absolute Gasteiger partial charge is 0.375 e. The Morgan fingerprint density at radius 1 is 1.33 bits per heavy atom. The van der Waals surface area contributed by atoms with Gasteiger partial charge in [0.25, 0.3) is 0 Å². The number of rotatable bonds is 5. The first-order valence-electron chi connectivity index (χ1n) is 8.08. The molecule has 0 spiro atoms. The van der Waals surface area contributed by atoms with Crippen LogP contribution in [0.15, 0.2) is 35.1 Å². The number of aryl methyl sites for hydroxylation is 1. The molecule has 1 unspecified atom stereocenters. The predicted molar refractivity (Wildman–Crippen MR) is 88.6 cm³/mol. The van der Waals surface area contributed by atoms with Crippen LogP contribution in [-0.4, -0.2) is 45.4 Å². The quantitative estimate of drug-likeness (QED) is 0.818. The van der Waals surface area contributed by atoms with Crippen LogP contribution in [0.5, 0.6) is 0 Å². The van der Waals surface area contributed by atoms with E-state index in [1.165, 1.54) is 11.8 Å². The SMILES string of the molecule is COCC(=O)N1CCCC1c1nn(C)c(=O)n1Cc1ccccc1. The Balaban J connectivity index is 1.94. The van der Waals surface area contributed by atoms with Gasteiger partial charge in [0, 0.05) is 20.7 Å². The van der Waals surface area contributed by atoms with Crippen molar-refractivity contribution in [3.8, 4) is 0 Å². The van der Waals surface area contributed by atoms with Crippen molar-refractivity contribution >= 4 is 5.91 Å². The minimum atomic E-state index is -0.176. The first-order chi connectivity index (χ1) is 11.6. The second-order valence-electron chi connectivity index (χ2n) is 6.01. The molecule has 1 aliphatic heterocycles. The molecule has 1 amide bonds. The molecule has 0 saturated carbocycles. The monoisotopic (exact) mass is 330 g/mol. The number of carbonyl (C=O) groups is 1. The Morgan fingerprint density at radius 3 is 2.79 bits per heavy atom. The lowest BCUT2D eigenvalue weighted by molar-refractivity contribution is -0.136. The van der Waals surface area contributed by atoms with Crippen LogP contribution in [0.2, 0.25) is 0 Å². The standard InChI is InChI=1S/C17H22N4O3/c1-19-17(23)21(11-13-7-4-3-5-8-13)16(18-19)14-9-6-10-20(14)15(22)12-24-2/h3-5,7-8,14H,6,9-12H2,1-2H3. The van der Waals surface area contributed by atoms with E-state index < -0.39 is 0 Å². The Bertz CT molecular complexity index is 766. The van der Waals surface area contributed by atoms with E-state index in [0.717, 1.165) is 18.4 Å². The highest BCUT2D eigenvalue weighted by atomic mass is 16.5. The van der Waals surface area contributed by atoms with Crippen molar-refractivity contribution in [2.45, 2.75) is 25.4 Å². The van der Waals surface area contributed by atoms with E-state index in [-0.39, 0.29) is 24.2 Å². The van der Waals surface area contributed by atoms with Crippen LogP contribution < -0.4 is 5.69 Å². The first kappa shape index (κ1) is 16.4. The molecule has 1 atom stereocenters. The Labute approximate surface area is 140 Å². The third kappa shape index (κ3) is 3.12. The fraction of sp³-hybridized carbons (Fsp3) is 0.471. The molecule has 0 bridgehead atoms. The number of hydrogen-bond donors (Lipinski definition) is 0. The van der Waals surface area contributed by atoms with Gasteiger partial charge in [-0.25, -0.2) is 9.48 Å². The molecule has 3 rings (SSSR count). The van der Waals surface area contributed by atoms with Crippen LogP contribution in [0.1, 0.15) is 30.3 Å². The summed E-state index contributed by atoms with van der Waals surface area (Å²) in [7, 11) is 3.15. The highest BCUT2D eigenvalue weighted by Gasteiger charge is 2.34. The second kappa shape index (κ2) is 7.00. The average Bonchev–Trinajstić information content (AvgIpc) is 3.16. The van der Waals surface area contributed by atoms with Gasteiger partial charge >= 0.3 is 5.69 Å². The number of ether oxygens (including phenoxy) is 1. The summed E-state index contributed by atoms with van der Waals surface area (Å²) in [6, 6.07) is 9.61. The first-order valence-corrected chi connectivity index (χ1v) is 8.08. The van der Waals surface area contributed by atoms with E-state index in [1.54, 1.807) is 16.5 Å². The second-order valence-corrected chi connectivity index (χ2v) is 6.01. The van der Waals surface area contributed by atoms with Crippen molar-refractivity contribution < 1.29 is 9.53 Å². The number of carbonyl (C=O) groups excluding carboxylic acids is 1. The lowest BCUT2D eigenvalue weighted by atomic mass is 10.2. The number of amides is 1. The summed E-state index contributed by atoms with van der Waals surface area (Å²) in [6.45, 7) is 1.17. The van der Waals surface area contributed by atoms with Crippen LogP contribution in [0, 0.1) is 0 Å². The molecule has 1 saturated heterocycles. The molecule has 1 aliphatic rings. The molecule has 0 aliphatic carbocycles. The third-order valence-corrected chi connectivity index (χ3v) is 4.36. The summed E-state index contributed by atoms with van der Waals surface area (Å²) < 4.78 is 7.98. The summed E-state index contributed by atoms with van der Waals surface area (Å²) in [5.41, 5.74) is 0.863. The van der Waals surface area contributed by atoms with E-state index in [9.17, 15) is 9.59 Å². The lowest BCUT2D eigenvalue weighted by Crippen LogP contribution is -2.35. The Kier molecular flexibility index (Phi) is 4.80. The number of nitrogens with zero attached hydrogens (tertiary/aromatic N) is 4. The van der Waals surface area contributed by atoms with E-state index in [0.29, 0.717) is 18.9 Å². The van der Waals surface area contributed by atoms with Gasteiger partial charge in [-0.3, -0.25) is 9.36 Å². The number of benzene rings is 1. The fourth-order valence-corrected chi connectivity index (χ4v) is 3.22. The zero-order chi connectivity index (χ0) is 17.1. The van der Waals surface area contributed by atoms with Crippen LogP contribution in [0.4, 0.5) is 0 Å². The van der Waals surface area contributed by atoms with E-state index >= 15 is 0 Å². The molecule has 0 radical (unpaired) electrons. The topological polar surface area (TPSA) is 69.4 Å². The normalized spacial score (nSPS) is 17.4. The zero-order valence-corrected chi connectivity index (χ0v) is 14.0. The molecule has 0 N–H and O–H groups in total.